The second kappa shape index (κ2) is 8.95. The van der Waals surface area contributed by atoms with Gasteiger partial charge in [0.1, 0.15) is 5.75 Å². The van der Waals surface area contributed by atoms with Gasteiger partial charge in [0.25, 0.3) is 0 Å². The van der Waals surface area contributed by atoms with Gasteiger partial charge in [-0.25, -0.2) is 4.31 Å². The fourth-order valence-corrected chi connectivity index (χ4v) is 4.55. The van der Waals surface area contributed by atoms with E-state index in [1.54, 1.807) is 11.9 Å². The highest BCUT2D eigenvalue weighted by molar-refractivity contribution is 9.10. The maximum atomic E-state index is 9.97. The molecule has 0 amide bonds. The molecule has 0 aliphatic carbocycles. The number of hydrogen-bond donors (Lipinski definition) is 1. The molecule has 23 heavy (non-hydrogen) atoms. The molecule has 1 aliphatic heterocycles. The van der Waals surface area contributed by atoms with Crippen LogP contribution in [0.15, 0.2) is 45.3 Å². The molecule has 0 spiro atoms. The molecule has 1 aromatic carbocycles. The van der Waals surface area contributed by atoms with Crippen molar-refractivity contribution in [2.24, 2.45) is 5.92 Å². The third-order valence-electron chi connectivity index (χ3n) is 4.25. The van der Waals surface area contributed by atoms with Crippen LogP contribution in [0.25, 0.3) is 0 Å². The molecule has 0 saturated carbocycles. The standard InChI is InChI=1S/C19H26BrNOS/c1-4-6-15(7-5-2)16-8-10-21(11-9-16)23-17-12-18(20)14(3)19(22)13-17/h4,6-7,12-13,16,22H,5,8-11H2,1-3H3/b6-4-,15-7+. The smallest absolute Gasteiger partial charge is 0.120 e. The van der Waals surface area contributed by atoms with E-state index in [1.807, 2.05) is 13.0 Å². The number of halogens is 1. The Morgan fingerprint density at radius 2 is 2.09 bits per heavy atom. The summed E-state index contributed by atoms with van der Waals surface area (Å²) >= 11 is 5.27. The van der Waals surface area contributed by atoms with Gasteiger partial charge in [-0.2, -0.15) is 0 Å². The number of phenols is 1. The first kappa shape index (κ1) is 18.6. The minimum absolute atomic E-state index is 0.359. The normalized spacial score (nSPS) is 18.0. The van der Waals surface area contributed by atoms with Crippen molar-refractivity contribution >= 4 is 27.9 Å². The van der Waals surface area contributed by atoms with Crippen molar-refractivity contribution in [3.05, 3.63) is 46.0 Å². The van der Waals surface area contributed by atoms with Gasteiger partial charge in [-0.1, -0.05) is 41.1 Å². The molecule has 1 saturated heterocycles. The fraction of sp³-hybridized carbons (Fsp3) is 0.474. The maximum absolute atomic E-state index is 9.97. The highest BCUT2D eigenvalue weighted by Gasteiger charge is 2.22. The lowest BCUT2D eigenvalue weighted by Gasteiger charge is -2.31. The topological polar surface area (TPSA) is 23.5 Å². The van der Waals surface area contributed by atoms with Crippen LogP contribution in [-0.2, 0) is 0 Å². The highest BCUT2D eigenvalue weighted by Crippen LogP contribution is 2.36. The Kier molecular flexibility index (Phi) is 7.25. The van der Waals surface area contributed by atoms with E-state index >= 15 is 0 Å². The lowest BCUT2D eigenvalue weighted by atomic mass is 9.89. The van der Waals surface area contributed by atoms with Gasteiger partial charge in [-0.3, -0.25) is 0 Å². The average molecular weight is 396 g/mol. The first-order valence-electron chi connectivity index (χ1n) is 8.30. The van der Waals surface area contributed by atoms with Gasteiger partial charge in [0.15, 0.2) is 0 Å². The Bertz CT molecular complexity index is 566. The molecule has 126 valence electrons. The Morgan fingerprint density at radius 3 is 2.65 bits per heavy atom. The number of nitrogens with zero attached hydrogens (tertiary/aromatic N) is 1. The summed E-state index contributed by atoms with van der Waals surface area (Å²) in [5, 5.41) is 9.97. The zero-order chi connectivity index (χ0) is 16.8. The van der Waals surface area contributed by atoms with Gasteiger partial charge in [0.05, 0.1) is 0 Å². The molecule has 0 bridgehead atoms. The predicted molar refractivity (Wildman–Crippen MR) is 104 cm³/mol. The lowest BCUT2D eigenvalue weighted by Crippen LogP contribution is -2.29. The Balaban J connectivity index is 1.96. The summed E-state index contributed by atoms with van der Waals surface area (Å²) in [6.45, 7) is 8.38. The van der Waals surface area contributed by atoms with E-state index in [4.69, 9.17) is 0 Å². The molecule has 1 N–H and O–H groups in total. The highest BCUT2D eigenvalue weighted by atomic mass is 79.9. The van der Waals surface area contributed by atoms with Gasteiger partial charge in [0, 0.05) is 28.0 Å². The molecule has 0 unspecified atom stereocenters. The summed E-state index contributed by atoms with van der Waals surface area (Å²) in [5.74, 6) is 1.04. The van der Waals surface area contributed by atoms with Gasteiger partial charge in [-0.05, 0) is 68.7 Å². The number of hydrogen-bond acceptors (Lipinski definition) is 3. The third kappa shape index (κ3) is 5.13. The largest absolute Gasteiger partial charge is 0.508 e. The van der Waals surface area contributed by atoms with Crippen LogP contribution in [0.2, 0.25) is 0 Å². The molecule has 2 rings (SSSR count). The molecule has 0 radical (unpaired) electrons. The number of aromatic hydroxyl groups is 1. The van der Waals surface area contributed by atoms with Crippen molar-refractivity contribution < 1.29 is 5.11 Å². The second-order valence-electron chi connectivity index (χ2n) is 5.96. The number of piperidine rings is 1. The molecule has 2 nitrogen and oxygen atoms in total. The fourth-order valence-electron chi connectivity index (χ4n) is 2.92. The average Bonchev–Trinajstić information content (AvgIpc) is 2.53. The lowest BCUT2D eigenvalue weighted by molar-refractivity contribution is 0.322. The Hall–Kier alpha value is -0.710. The van der Waals surface area contributed by atoms with Gasteiger partial charge in [-0.15, -0.1) is 0 Å². The Morgan fingerprint density at radius 1 is 1.39 bits per heavy atom. The van der Waals surface area contributed by atoms with E-state index in [0.29, 0.717) is 11.7 Å². The molecule has 1 fully saturated rings. The molecular weight excluding hydrogens is 370 g/mol. The van der Waals surface area contributed by atoms with Crippen LogP contribution in [0.3, 0.4) is 0 Å². The van der Waals surface area contributed by atoms with Crippen LogP contribution in [-0.4, -0.2) is 22.5 Å². The summed E-state index contributed by atoms with van der Waals surface area (Å²) in [5.41, 5.74) is 2.39. The molecule has 0 aromatic heterocycles. The summed E-state index contributed by atoms with van der Waals surface area (Å²) < 4.78 is 3.38. The molecule has 1 heterocycles. The van der Waals surface area contributed by atoms with E-state index < -0.39 is 0 Å². The number of rotatable bonds is 5. The quantitative estimate of drug-likeness (QED) is 0.481. The SMILES string of the molecule is C/C=C\C(=C/CC)C1CCN(Sc2cc(O)c(C)c(Br)c2)CC1. The van der Waals surface area contributed by atoms with Gasteiger partial charge < -0.3 is 5.11 Å². The summed E-state index contributed by atoms with van der Waals surface area (Å²) in [4.78, 5) is 1.09. The van der Waals surface area contributed by atoms with Crippen LogP contribution in [0.4, 0.5) is 0 Å². The number of benzene rings is 1. The summed E-state index contributed by atoms with van der Waals surface area (Å²) in [6, 6.07) is 3.95. The third-order valence-corrected chi connectivity index (χ3v) is 6.14. The second-order valence-corrected chi connectivity index (χ2v) is 7.98. The zero-order valence-corrected chi connectivity index (χ0v) is 16.6. The van der Waals surface area contributed by atoms with Gasteiger partial charge in [0.2, 0.25) is 0 Å². The minimum Gasteiger partial charge on any atom is -0.508 e. The van der Waals surface area contributed by atoms with Gasteiger partial charge >= 0.3 is 0 Å². The monoisotopic (exact) mass is 395 g/mol. The molecule has 0 atom stereocenters. The predicted octanol–water partition coefficient (Wildman–Crippen LogP) is 6.09. The number of allylic oxidation sites excluding steroid dienone is 4. The van der Waals surface area contributed by atoms with E-state index in [0.717, 1.165) is 34.4 Å². The van der Waals surface area contributed by atoms with E-state index in [2.05, 4.69) is 58.4 Å². The van der Waals surface area contributed by atoms with Crippen molar-refractivity contribution in [3.63, 3.8) is 0 Å². The minimum atomic E-state index is 0.359. The number of phenolic OH excluding ortho intramolecular Hbond substituents is 1. The summed E-state index contributed by atoms with van der Waals surface area (Å²) in [6.07, 6.45) is 10.3. The first-order valence-corrected chi connectivity index (χ1v) is 9.86. The molecule has 4 heteroatoms. The van der Waals surface area contributed by atoms with Crippen molar-refractivity contribution in [1.29, 1.82) is 0 Å². The van der Waals surface area contributed by atoms with Crippen LogP contribution < -0.4 is 0 Å². The Labute approximate surface area is 152 Å². The van der Waals surface area contributed by atoms with E-state index in [9.17, 15) is 5.11 Å². The van der Waals surface area contributed by atoms with E-state index in [1.165, 1.54) is 18.4 Å². The first-order chi connectivity index (χ1) is 11.0. The van der Waals surface area contributed by atoms with Crippen molar-refractivity contribution in [3.8, 4) is 5.75 Å². The van der Waals surface area contributed by atoms with Crippen LogP contribution in [0, 0.1) is 12.8 Å². The van der Waals surface area contributed by atoms with Crippen LogP contribution in [0.5, 0.6) is 5.75 Å². The summed E-state index contributed by atoms with van der Waals surface area (Å²) in [7, 11) is 0. The zero-order valence-electron chi connectivity index (χ0n) is 14.2. The van der Waals surface area contributed by atoms with Crippen LogP contribution in [0.1, 0.15) is 38.7 Å². The molecular formula is C19H26BrNOS. The maximum Gasteiger partial charge on any atom is 0.120 e. The molecule has 1 aliphatic rings. The molecule has 1 aromatic rings. The van der Waals surface area contributed by atoms with Crippen molar-refractivity contribution in [2.45, 2.75) is 44.9 Å². The van der Waals surface area contributed by atoms with Crippen molar-refractivity contribution in [1.82, 2.24) is 4.31 Å². The van der Waals surface area contributed by atoms with Crippen molar-refractivity contribution in [2.75, 3.05) is 13.1 Å². The van der Waals surface area contributed by atoms with Crippen LogP contribution >= 0.6 is 27.9 Å². The van der Waals surface area contributed by atoms with E-state index in [-0.39, 0.29) is 0 Å².